The molecule has 0 atom stereocenters. The molecule has 23 heavy (non-hydrogen) atoms. The highest BCUT2D eigenvalue weighted by atomic mass is 19.4. The molecule has 10 heteroatoms. The Morgan fingerprint density at radius 1 is 1.17 bits per heavy atom. The summed E-state index contributed by atoms with van der Waals surface area (Å²) in [6.07, 6.45) is -10.2. The Morgan fingerprint density at radius 2 is 1.78 bits per heavy atom. The molecule has 0 aliphatic carbocycles. The second-order valence-electron chi connectivity index (χ2n) is 4.87. The predicted octanol–water partition coefficient (Wildman–Crippen LogP) is 2.62. The summed E-state index contributed by atoms with van der Waals surface area (Å²) in [4.78, 5) is 22.5. The van der Waals surface area contributed by atoms with Gasteiger partial charge in [0, 0.05) is 24.9 Å². The van der Waals surface area contributed by atoms with Crippen molar-refractivity contribution >= 4 is 17.3 Å². The highest BCUT2D eigenvalue weighted by molar-refractivity contribution is 6.06. The van der Waals surface area contributed by atoms with E-state index in [4.69, 9.17) is 0 Å². The van der Waals surface area contributed by atoms with Crippen LogP contribution in [-0.2, 0) is 11.3 Å². The molecule has 0 saturated carbocycles. The highest BCUT2D eigenvalue weighted by Gasteiger charge is 2.43. The van der Waals surface area contributed by atoms with Gasteiger partial charge in [0.05, 0.1) is 17.0 Å². The number of carbonyl (C=O) groups excluding carboxylic acids is 2. The van der Waals surface area contributed by atoms with E-state index in [1.807, 2.05) is 0 Å². The number of rotatable bonds is 2. The molecule has 4 nitrogen and oxygen atoms in total. The van der Waals surface area contributed by atoms with Gasteiger partial charge in [0.1, 0.15) is 0 Å². The molecule has 0 fully saturated rings. The summed E-state index contributed by atoms with van der Waals surface area (Å²) < 4.78 is 76.3. The highest BCUT2D eigenvalue weighted by Crippen LogP contribution is 2.31. The number of aryl methyl sites for hydroxylation is 1. The molecule has 1 aromatic heterocycles. The molecule has 1 N–H and O–H groups in total. The Balaban J connectivity index is 2.59. The summed E-state index contributed by atoms with van der Waals surface area (Å²) in [7, 11) is 0. The van der Waals surface area contributed by atoms with Gasteiger partial charge in [-0.1, -0.05) is 0 Å². The number of nitrogens with one attached hydrogen (secondary N) is 1. The molecule has 1 aromatic rings. The van der Waals surface area contributed by atoms with Gasteiger partial charge in [0.25, 0.3) is 11.6 Å². The zero-order chi connectivity index (χ0) is 17.6. The van der Waals surface area contributed by atoms with Crippen LogP contribution < -0.4 is 5.32 Å². The number of ketones is 2. The van der Waals surface area contributed by atoms with Crippen molar-refractivity contribution in [2.45, 2.75) is 25.8 Å². The van der Waals surface area contributed by atoms with Gasteiger partial charge in [-0.05, 0) is 13.0 Å². The van der Waals surface area contributed by atoms with Gasteiger partial charge in [0.2, 0.25) is 0 Å². The average molecular weight is 340 g/mol. The minimum Gasteiger partial charge on any atom is -0.381 e. The lowest BCUT2D eigenvalue weighted by atomic mass is 10.1. The van der Waals surface area contributed by atoms with Crippen molar-refractivity contribution in [3.63, 3.8) is 0 Å². The Bertz CT molecular complexity index is 697. The number of aromatic nitrogens is 1. The summed E-state index contributed by atoms with van der Waals surface area (Å²) in [5, 5.41) is 2.44. The van der Waals surface area contributed by atoms with Crippen molar-refractivity contribution in [3.8, 4) is 0 Å². The number of halogens is 6. The number of fused-ring (bicyclic) bond motifs is 1. The SMILES string of the molecule is Cc1cc(C(=O)C(F)(F)F)c2n1CCN/C2=C\C(=O)C(F)(F)F. The topological polar surface area (TPSA) is 51.1 Å². The first-order valence-electron chi connectivity index (χ1n) is 6.31. The Kier molecular flexibility index (Phi) is 4.03. The van der Waals surface area contributed by atoms with Crippen LogP contribution in [0.1, 0.15) is 21.7 Å². The zero-order valence-corrected chi connectivity index (χ0v) is 11.6. The van der Waals surface area contributed by atoms with Crippen molar-refractivity contribution in [1.29, 1.82) is 0 Å². The molecular formula is C13H10F6N2O2. The molecule has 0 aromatic carbocycles. The van der Waals surface area contributed by atoms with Crippen LogP contribution in [0.25, 0.3) is 5.70 Å². The molecule has 2 heterocycles. The number of carbonyl (C=O) groups is 2. The van der Waals surface area contributed by atoms with Crippen LogP contribution in [0.2, 0.25) is 0 Å². The van der Waals surface area contributed by atoms with Gasteiger partial charge < -0.3 is 9.88 Å². The fourth-order valence-electron chi connectivity index (χ4n) is 2.30. The Labute approximate surface area is 125 Å². The van der Waals surface area contributed by atoms with E-state index in [1.165, 1.54) is 11.5 Å². The maximum Gasteiger partial charge on any atom is 0.454 e. The lowest BCUT2D eigenvalue weighted by molar-refractivity contribution is -0.165. The molecule has 0 amide bonds. The van der Waals surface area contributed by atoms with E-state index < -0.39 is 35.2 Å². The first kappa shape index (κ1) is 17.1. The molecule has 0 spiro atoms. The molecule has 0 bridgehead atoms. The van der Waals surface area contributed by atoms with Crippen molar-refractivity contribution < 1.29 is 35.9 Å². The molecule has 0 unspecified atom stereocenters. The van der Waals surface area contributed by atoms with Gasteiger partial charge in [-0.25, -0.2) is 0 Å². The molecule has 0 saturated heterocycles. The van der Waals surface area contributed by atoms with E-state index in [9.17, 15) is 35.9 Å². The molecule has 1 aliphatic rings. The summed E-state index contributed by atoms with van der Waals surface area (Å²) in [6.45, 7) is 1.69. The lowest BCUT2D eigenvalue weighted by Crippen LogP contribution is -2.32. The van der Waals surface area contributed by atoms with E-state index in [2.05, 4.69) is 5.32 Å². The van der Waals surface area contributed by atoms with Gasteiger partial charge in [-0.2, -0.15) is 26.3 Å². The number of Topliss-reactive ketones (excluding diaryl/α,β-unsaturated/α-hetero) is 1. The third kappa shape index (κ3) is 3.25. The number of allylic oxidation sites excluding steroid dienone is 1. The average Bonchev–Trinajstić information content (AvgIpc) is 2.74. The monoisotopic (exact) mass is 340 g/mol. The first-order valence-corrected chi connectivity index (χ1v) is 6.31. The largest absolute Gasteiger partial charge is 0.454 e. The quantitative estimate of drug-likeness (QED) is 0.512. The van der Waals surface area contributed by atoms with E-state index in [-0.39, 0.29) is 30.6 Å². The third-order valence-electron chi connectivity index (χ3n) is 3.27. The van der Waals surface area contributed by atoms with Crippen molar-refractivity contribution in [2.24, 2.45) is 0 Å². The van der Waals surface area contributed by atoms with E-state index in [0.29, 0.717) is 0 Å². The summed E-state index contributed by atoms with van der Waals surface area (Å²) in [5.74, 6) is -4.40. The predicted molar refractivity (Wildman–Crippen MR) is 66.6 cm³/mol. The molecule has 126 valence electrons. The van der Waals surface area contributed by atoms with Crippen LogP contribution in [0.15, 0.2) is 12.1 Å². The molecule has 1 aliphatic heterocycles. The van der Waals surface area contributed by atoms with Crippen LogP contribution in [-0.4, -0.2) is 35.0 Å². The van der Waals surface area contributed by atoms with Gasteiger partial charge in [-0.3, -0.25) is 9.59 Å². The van der Waals surface area contributed by atoms with Crippen LogP contribution in [0, 0.1) is 6.92 Å². The van der Waals surface area contributed by atoms with Gasteiger partial charge >= 0.3 is 12.4 Å². The minimum atomic E-state index is -5.17. The second kappa shape index (κ2) is 5.43. The normalized spacial score (nSPS) is 16.9. The lowest BCUT2D eigenvalue weighted by Gasteiger charge is -2.23. The first-order chi connectivity index (χ1) is 10.4. The maximum absolute atomic E-state index is 12.6. The number of hydrogen-bond acceptors (Lipinski definition) is 3. The summed E-state index contributed by atoms with van der Waals surface area (Å²) in [5.41, 5.74) is -1.34. The third-order valence-corrected chi connectivity index (χ3v) is 3.27. The fraction of sp³-hybridized carbons (Fsp3) is 0.385. The van der Waals surface area contributed by atoms with Crippen LogP contribution in [0.4, 0.5) is 26.3 Å². The molecular weight excluding hydrogens is 330 g/mol. The Hall–Kier alpha value is -2.26. The molecule has 2 rings (SSSR count). The van der Waals surface area contributed by atoms with Crippen molar-refractivity contribution in [1.82, 2.24) is 9.88 Å². The standard InChI is InChI=1S/C13H10F6N2O2/c1-6-4-7(11(23)13(17,18)19)10-8(20-2-3-21(6)10)5-9(22)12(14,15)16/h4-5,20H,2-3H2,1H3/b8-5-. The van der Waals surface area contributed by atoms with Gasteiger partial charge in [-0.15, -0.1) is 0 Å². The van der Waals surface area contributed by atoms with Crippen molar-refractivity contribution in [3.05, 3.63) is 29.1 Å². The summed E-state index contributed by atoms with van der Waals surface area (Å²) in [6, 6.07) is 0.948. The Morgan fingerprint density at radius 3 is 2.30 bits per heavy atom. The minimum absolute atomic E-state index is 0.110. The summed E-state index contributed by atoms with van der Waals surface area (Å²) >= 11 is 0. The number of hydrogen-bond donors (Lipinski definition) is 1. The van der Waals surface area contributed by atoms with E-state index >= 15 is 0 Å². The van der Waals surface area contributed by atoms with E-state index in [0.717, 1.165) is 6.07 Å². The van der Waals surface area contributed by atoms with Crippen LogP contribution in [0.3, 0.4) is 0 Å². The second-order valence-corrected chi connectivity index (χ2v) is 4.87. The van der Waals surface area contributed by atoms with Gasteiger partial charge in [0.15, 0.2) is 0 Å². The fourth-order valence-corrected chi connectivity index (χ4v) is 2.30. The van der Waals surface area contributed by atoms with E-state index in [1.54, 1.807) is 0 Å². The van der Waals surface area contributed by atoms with Crippen LogP contribution in [0.5, 0.6) is 0 Å². The number of nitrogens with zero attached hydrogens (tertiary/aromatic N) is 1. The zero-order valence-electron chi connectivity index (χ0n) is 11.6. The van der Waals surface area contributed by atoms with Crippen LogP contribution >= 0.6 is 0 Å². The smallest absolute Gasteiger partial charge is 0.381 e. The molecule has 0 radical (unpaired) electrons. The maximum atomic E-state index is 12.6. The number of alkyl halides is 6. The van der Waals surface area contributed by atoms with Crippen molar-refractivity contribution in [2.75, 3.05) is 6.54 Å².